The molecule has 1 rings (SSSR count). The summed E-state index contributed by atoms with van der Waals surface area (Å²) in [5.41, 5.74) is 0.824. The van der Waals surface area contributed by atoms with Gasteiger partial charge in [-0.2, -0.15) is 0 Å². The van der Waals surface area contributed by atoms with E-state index in [1.165, 1.54) is 6.08 Å². The molecular formula is C9H6Br2O2. The SMILES string of the molecule is O=C(O)C=Cc1c(Br)cccc1Br. The first kappa shape index (κ1) is 10.5. The Kier molecular flexibility index (Phi) is 3.69. The third-order valence-corrected chi connectivity index (χ3v) is 2.78. The van der Waals surface area contributed by atoms with Gasteiger partial charge in [0.25, 0.3) is 0 Å². The van der Waals surface area contributed by atoms with E-state index < -0.39 is 5.97 Å². The summed E-state index contributed by atoms with van der Waals surface area (Å²) < 4.78 is 1.72. The Morgan fingerprint density at radius 3 is 2.31 bits per heavy atom. The highest BCUT2D eigenvalue weighted by atomic mass is 79.9. The largest absolute Gasteiger partial charge is 0.478 e. The summed E-state index contributed by atoms with van der Waals surface area (Å²) in [4.78, 5) is 10.3. The smallest absolute Gasteiger partial charge is 0.328 e. The molecular weight excluding hydrogens is 300 g/mol. The van der Waals surface area contributed by atoms with Crippen molar-refractivity contribution in [1.82, 2.24) is 0 Å². The number of hydrogen-bond donors (Lipinski definition) is 1. The third-order valence-electron chi connectivity index (χ3n) is 1.39. The van der Waals surface area contributed by atoms with Crippen molar-refractivity contribution in [1.29, 1.82) is 0 Å². The summed E-state index contributed by atoms with van der Waals surface area (Å²) in [6.07, 6.45) is 2.64. The van der Waals surface area contributed by atoms with Gasteiger partial charge in [0.2, 0.25) is 0 Å². The van der Waals surface area contributed by atoms with E-state index in [1.54, 1.807) is 0 Å². The van der Waals surface area contributed by atoms with Gasteiger partial charge >= 0.3 is 5.97 Å². The Morgan fingerprint density at radius 2 is 1.85 bits per heavy atom. The molecule has 0 aliphatic carbocycles. The number of rotatable bonds is 2. The zero-order chi connectivity index (χ0) is 9.84. The number of aliphatic carboxylic acids is 1. The minimum Gasteiger partial charge on any atom is -0.478 e. The molecule has 13 heavy (non-hydrogen) atoms. The highest BCUT2D eigenvalue weighted by Gasteiger charge is 2.00. The molecule has 0 aliphatic heterocycles. The molecule has 0 aromatic heterocycles. The summed E-state index contributed by atoms with van der Waals surface area (Å²) in [6, 6.07) is 5.57. The van der Waals surface area contributed by atoms with Crippen LogP contribution in [0.2, 0.25) is 0 Å². The lowest BCUT2D eigenvalue weighted by atomic mass is 10.2. The average molecular weight is 306 g/mol. The molecule has 68 valence electrons. The molecule has 0 amide bonds. The molecule has 4 heteroatoms. The van der Waals surface area contributed by atoms with Gasteiger partial charge in [-0.1, -0.05) is 37.9 Å². The van der Waals surface area contributed by atoms with Crippen molar-refractivity contribution in [2.24, 2.45) is 0 Å². The van der Waals surface area contributed by atoms with Crippen molar-refractivity contribution >= 4 is 43.9 Å². The minimum atomic E-state index is -0.956. The van der Waals surface area contributed by atoms with Crippen molar-refractivity contribution in [3.63, 3.8) is 0 Å². The fraction of sp³-hybridized carbons (Fsp3) is 0. The summed E-state index contributed by atoms with van der Waals surface area (Å²) >= 11 is 6.65. The first-order valence-electron chi connectivity index (χ1n) is 3.46. The first-order chi connectivity index (χ1) is 6.11. The molecule has 1 aromatic rings. The summed E-state index contributed by atoms with van der Waals surface area (Å²) in [5.74, 6) is -0.956. The van der Waals surface area contributed by atoms with Gasteiger partial charge < -0.3 is 5.11 Å². The quantitative estimate of drug-likeness (QED) is 0.851. The number of hydrogen-bond acceptors (Lipinski definition) is 1. The van der Waals surface area contributed by atoms with Gasteiger partial charge in [-0.3, -0.25) is 0 Å². The maximum atomic E-state index is 10.3. The van der Waals surface area contributed by atoms with Gasteiger partial charge in [-0.25, -0.2) is 4.79 Å². The van der Waals surface area contributed by atoms with Gasteiger partial charge in [0.05, 0.1) is 0 Å². The van der Waals surface area contributed by atoms with Gasteiger partial charge in [0.15, 0.2) is 0 Å². The number of carboxylic acids is 1. The Balaban J connectivity index is 3.06. The predicted molar refractivity (Wildman–Crippen MR) is 58.5 cm³/mol. The summed E-state index contributed by atoms with van der Waals surface area (Å²) in [6.45, 7) is 0. The van der Waals surface area contributed by atoms with Crippen LogP contribution in [-0.4, -0.2) is 11.1 Å². The van der Waals surface area contributed by atoms with E-state index in [-0.39, 0.29) is 0 Å². The molecule has 0 aliphatic rings. The zero-order valence-corrected chi connectivity index (χ0v) is 9.67. The number of benzene rings is 1. The number of carbonyl (C=O) groups is 1. The zero-order valence-electron chi connectivity index (χ0n) is 6.50. The maximum absolute atomic E-state index is 10.3. The third kappa shape index (κ3) is 2.97. The molecule has 0 spiro atoms. The second kappa shape index (κ2) is 4.58. The second-order valence-corrected chi connectivity index (χ2v) is 4.02. The van der Waals surface area contributed by atoms with Crippen molar-refractivity contribution in [2.45, 2.75) is 0 Å². The van der Waals surface area contributed by atoms with Crippen LogP contribution >= 0.6 is 31.9 Å². The van der Waals surface area contributed by atoms with E-state index in [4.69, 9.17) is 5.11 Å². The van der Waals surface area contributed by atoms with Crippen LogP contribution in [0.15, 0.2) is 33.2 Å². The van der Waals surface area contributed by atoms with Crippen LogP contribution in [0.4, 0.5) is 0 Å². The van der Waals surface area contributed by atoms with Crippen LogP contribution in [0.1, 0.15) is 5.56 Å². The average Bonchev–Trinajstić information content (AvgIpc) is 2.03. The highest BCUT2D eigenvalue weighted by molar-refractivity contribution is 9.11. The van der Waals surface area contributed by atoms with Crippen LogP contribution in [0, 0.1) is 0 Å². The Bertz CT molecular complexity index is 338. The molecule has 0 fully saturated rings. The van der Waals surface area contributed by atoms with E-state index >= 15 is 0 Å². The molecule has 0 radical (unpaired) electrons. The normalized spacial score (nSPS) is 10.6. The van der Waals surface area contributed by atoms with Crippen LogP contribution in [0.25, 0.3) is 6.08 Å². The van der Waals surface area contributed by atoms with E-state index in [9.17, 15) is 4.79 Å². The Morgan fingerprint density at radius 1 is 1.31 bits per heavy atom. The summed E-state index contributed by atoms with van der Waals surface area (Å²) in [7, 11) is 0. The molecule has 0 heterocycles. The van der Waals surface area contributed by atoms with Crippen LogP contribution < -0.4 is 0 Å². The molecule has 0 unspecified atom stereocenters. The second-order valence-electron chi connectivity index (χ2n) is 2.31. The Labute approximate surface area is 92.5 Å². The molecule has 0 atom stereocenters. The maximum Gasteiger partial charge on any atom is 0.328 e. The lowest BCUT2D eigenvalue weighted by Crippen LogP contribution is -1.86. The molecule has 0 saturated carbocycles. The van der Waals surface area contributed by atoms with Crippen molar-refractivity contribution in [3.8, 4) is 0 Å². The lowest BCUT2D eigenvalue weighted by Gasteiger charge is -2.00. The summed E-state index contributed by atoms with van der Waals surface area (Å²) in [5, 5.41) is 8.44. The van der Waals surface area contributed by atoms with E-state index in [0.717, 1.165) is 20.6 Å². The van der Waals surface area contributed by atoms with Crippen molar-refractivity contribution in [3.05, 3.63) is 38.8 Å². The standard InChI is InChI=1S/C9H6Br2O2/c10-7-2-1-3-8(11)6(7)4-5-9(12)13/h1-5H,(H,12,13). The van der Waals surface area contributed by atoms with E-state index in [0.29, 0.717) is 0 Å². The molecule has 2 nitrogen and oxygen atoms in total. The number of carboxylic acid groups (broad SMARTS) is 1. The van der Waals surface area contributed by atoms with Gasteiger partial charge in [-0.15, -0.1) is 0 Å². The van der Waals surface area contributed by atoms with Gasteiger partial charge in [-0.05, 0) is 18.2 Å². The van der Waals surface area contributed by atoms with Crippen LogP contribution in [0.5, 0.6) is 0 Å². The highest BCUT2D eigenvalue weighted by Crippen LogP contribution is 2.26. The van der Waals surface area contributed by atoms with Gasteiger partial charge in [0.1, 0.15) is 0 Å². The van der Waals surface area contributed by atoms with Crippen molar-refractivity contribution in [2.75, 3.05) is 0 Å². The lowest BCUT2D eigenvalue weighted by molar-refractivity contribution is -0.131. The fourth-order valence-electron chi connectivity index (χ4n) is 0.825. The van der Waals surface area contributed by atoms with Crippen molar-refractivity contribution < 1.29 is 9.90 Å². The topological polar surface area (TPSA) is 37.3 Å². The minimum absolute atomic E-state index is 0.824. The van der Waals surface area contributed by atoms with Gasteiger partial charge in [0, 0.05) is 20.6 Å². The molecule has 1 N–H and O–H groups in total. The molecule has 1 aromatic carbocycles. The fourth-order valence-corrected chi connectivity index (χ4v) is 2.09. The first-order valence-corrected chi connectivity index (χ1v) is 5.05. The molecule has 0 saturated heterocycles. The van der Waals surface area contributed by atoms with Crippen LogP contribution in [-0.2, 0) is 4.79 Å². The van der Waals surface area contributed by atoms with E-state index in [2.05, 4.69) is 31.9 Å². The van der Waals surface area contributed by atoms with Crippen LogP contribution in [0.3, 0.4) is 0 Å². The number of halogens is 2. The Hall–Kier alpha value is -0.610. The van der Waals surface area contributed by atoms with E-state index in [1.807, 2.05) is 18.2 Å². The predicted octanol–water partition coefficient (Wildman–Crippen LogP) is 3.31. The monoisotopic (exact) mass is 304 g/mol. The molecule has 0 bridgehead atoms.